The Bertz CT molecular complexity index is 937. The standard InChI is InChI=1S/C21H22FN3S/c1-3-23-21-25(20(15-26-21)18-11-13-19(22)14-12-18)24-16(2)9-10-17-7-5-4-6-8-17/h4-8,11-15H,3,9-10H2,1-2H3. The second-order valence-electron chi connectivity index (χ2n) is 6.02. The summed E-state index contributed by atoms with van der Waals surface area (Å²) in [7, 11) is 0. The third kappa shape index (κ3) is 4.55. The number of nitrogens with zero attached hydrogens (tertiary/aromatic N) is 3. The van der Waals surface area contributed by atoms with Gasteiger partial charge in [0.25, 0.3) is 0 Å². The van der Waals surface area contributed by atoms with Gasteiger partial charge in [0.1, 0.15) is 5.82 Å². The quantitative estimate of drug-likeness (QED) is 0.541. The zero-order chi connectivity index (χ0) is 18.4. The number of benzene rings is 2. The molecule has 0 atom stereocenters. The lowest BCUT2D eigenvalue weighted by Crippen LogP contribution is -2.14. The number of thiazole rings is 1. The van der Waals surface area contributed by atoms with Crippen LogP contribution in [-0.2, 0) is 6.42 Å². The number of aryl methyl sites for hydroxylation is 1. The minimum Gasteiger partial charge on any atom is -0.258 e. The molecule has 3 nitrogen and oxygen atoms in total. The van der Waals surface area contributed by atoms with Crippen LogP contribution in [0.1, 0.15) is 25.8 Å². The van der Waals surface area contributed by atoms with Crippen molar-refractivity contribution in [2.45, 2.75) is 26.7 Å². The van der Waals surface area contributed by atoms with E-state index in [1.54, 1.807) is 23.5 Å². The summed E-state index contributed by atoms with van der Waals surface area (Å²) in [5.41, 5.74) is 4.20. The lowest BCUT2D eigenvalue weighted by atomic mass is 10.1. The van der Waals surface area contributed by atoms with Crippen LogP contribution >= 0.6 is 11.3 Å². The molecule has 5 heteroatoms. The van der Waals surface area contributed by atoms with Gasteiger partial charge >= 0.3 is 0 Å². The molecule has 0 unspecified atom stereocenters. The lowest BCUT2D eigenvalue weighted by Gasteiger charge is -2.06. The Hall–Kier alpha value is -2.53. The maximum atomic E-state index is 13.3. The van der Waals surface area contributed by atoms with Crippen LogP contribution < -0.4 is 4.80 Å². The molecule has 134 valence electrons. The van der Waals surface area contributed by atoms with E-state index in [9.17, 15) is 4.39 Å². The first-order chi connectivity index (χ1) is 12.7. The molecule has 3 rings (SSSR count). The summed E-state index contributed by atoms with van der Waals surface area (Å²) in [5, 5.41) is 6.83. The maximum Gasteiger partial charge on any atom is 0.206 e. The van der Waals surface area contributed by atoms with Crippen LogP contribution in [0, 0.1) is 5.82 Å². The normalized spacial score (nSPS) is 12.6. The van der Waals surface area contributed by atoms with E-state index in [4.69, 9.17) is 5.10 Å². The topological polar surface area (TPSA) is 29.6 Å². The summed E-state index contributed by atoms with van der Waals surface area (Å²) >= 11 is 1.55. The summed E-state index contributed by atoms with van der Waals surface area (Å²) in [4.78, 5) is 5.39. The van der Waals surface area contributed by atoms with Gasteiger partial charge in [0.2, 0.25) is 4.80 Å². The Labute approximate surface area is 157 Å². The third-order valence-corrected chi connectivity index (χ3v) is 4.86. The molecule has 1 heterocycles. The van der Waals surface area contributed by atoms with Gasteiger partial charge < -0.3 is 0 Å². The highest BCUT2D eigenvalue weighted by Gasteiger charge is 2.08. The Morgan fingerprint density at radius 1 is 1.08 bits per heavy atom. The maximum absolute atomic E-state index is 13.3. The Kier molecular flexibility index (Phi) is 6.12. The second-order valence-corrected chi connectivity index (χ2v) is 6.85. The van der Waals surface area contributed by atoms with Crippen LogP contribution in [-0.4, -0.2) is 16.9 Å². The lowest BCUT2D eigenvalue weighted by molar-refractivity contribution is 0.628. The van der Waals surface area contributed by atoms with Crippen molar-refractivity contribution >= 4 is 17.0 Å². The molecule has 0 aliphatic carbocycles. The molecule has 0 aliphatic rings. The van der Waals surface area contributed by atoms with E-state index in [-0.39, 0.29) is 5.82 Å². The number of hydrogen-bond donors (Lipinski definition) is 0. The third-order valence-electron chi connectivity index (χ3n) is 4.01. The zero-order valence-corrected chi connectivity index (χ0v) is 15.8. The van der Waals surface area contributed by atoms with Crippen molar-refractivity contribution in [2.24, 2.45) is 10.1 Å². The summed E-state index contributed by atoms with van der Waals surface area (Å²) in [6.45, 7) is 4.74. The van der Waals surface area contributed by atoms with Crippen LogP contribution in [0.4, 0.5) is 4.39 Å². The van der Waals surface area contributed by atoms with Gasteiger partial charge in [-0.25, -0.2) is 9.07 Å². The molecule has 1 aromatic heterocycles. The molecule has 0 fully saturated rings. The first-order valence-corrected chi connectivity index (χ1v) is 9.60. The van der Waals surface area contributed by atoms with Crippen molar-refractivity contribution in [1.82, 2.24) is 4.68 Å². The number of aromatic nitrogens is 1. The van der Waals surface area contributed by atoms with Crippen LogP contribution in [0.2, 0.25) is 0 Å². The molecular formula is C21H22FN3S. The van der Waals surface area contributed by atoms with Gasteiger partial charge in [-0.2, -0.15) is 5.10 Å². The van der Waals surface area contributed by atoms with E-state index in [0.29, 0.717) is 6.54 Å². The van der Waals surface area contributed by atoms with Gasteiger partial charge in [-0.15, -0.1) is 11.3 Å². The molecule has 0 aliphatic heterocycles. The predicted octanol–water partition coefficient (Wildman–Crippen LogP) is 5.13. The van der Waals surface area contributed by atoms with Crippen LogP contribution in [0.25, 0.3) is 11.3 Å². The highest BCUT2D eigenvalue weighted by Crippen LogP contribution is 2.20. The summed E-state index contributed by atoms with van der Waals surface area (Å²) in [6, 6.07) is 16.9. The van der Waals surface area contributed by atoms with E-state index >= 15 is 0 Å². The molecule has 0 amide bonds. The van der Waals surface area contributed by atoms with Gasteiger partial charge in [-0.3, -0.25) is 4.99 Å². The van der Waals surface area contributed by atoms with Gasteiger partial charge in [0, 0.05) is 23.2 Å². The first-order valence-electron chi connectivity index (χ1n) is 8.72. The fourth-order valence-corrected chi connectivity index (χ4v) is 3.54. The Balaban J connectivity index is 1.90. The minimum atomic E-state index is -0.239. The van der Waals surface area contributed by atoms with Crippen molar-refractivity contribution in [2.75, 3.05) is 6.54 Å². The van der Waals surface area contributed by atoms with Gasteiger partial charge in [0.15, 0.2) is 0 Å². The molecular weight excluding hydrogens is 345 g/mol. The predicted molar refractivity (Wildman–Crippen MR) is 107 cm³/mol. The highest BCUT2D eigenvalue weighted by molar-refractivity contribution is 7.07. The number of hydrogen-bond acceptors (Lipinski definition) is 3. The zero-order valence-electron chi connectivity index (χ0n) is 15.0. The van der Waals surface area contributed by atoms with Crippen molar-refractivity contribution in [3.05, 3.63) is 76.2 Å². The second kappa shape index (κ2) is 8.72. The average molecular weight is 367 g/mol. The monoisotopic (exact) mass is 367 g/mol. The molecule has 0 N–H and O–H groups in total. The number of rotatable bonds is 6. The van der Waals surface area contributed by atoms with Crippen molar-refractivity contribution < 1.29 is 4.39 Å². The fraction of sp³-hybridized carbons (Fsp3) is 0.238. The molecule has 0 saturated heterocycles. The van der Waals surface area contributed by atoms with Gasteiger partial charge in [-0.05, 0) is 56.5 Å². The molecule has 26 heavy (non-hydrogen) atoms. The van der Waals surface area contributed by atoms with E-state index < -0.39 is 0 Å². The average Bonchev–Trinajstić information content (AvgIpc) is 3.04. The summed E-state index contributed by atoms with van der Waals surface area (Å²) in [6.07, 6.45) is 1.83. The van der Waals surface area contributed by atoms with E-state index in [0.717, 1.165) is 34.6 Å². The van der Waals surface area contributed by atoms with Gasteiger partial charge in [0.05, 0.1) is 5.69 Å². The molecule has 0 spiro atoms. The molecule has 0 radical (unpaired) electrons. The Morgan fingerprint density at radius 2 is 1.81 bits per heavy atom. The molecule has 3 aromatic rings. The first kappa shape index (κ1) is 18.3. The van der Waals surface area contributed by atoms with Crippen molar-refractivity contribution in [3.63, 3.8) is 0 Å². The van der Waals surface area contributed by atoms with Crippen LogP contribution in [0.5, 0.6) is 0 Å². The van der Waals surface area contributed by atoms with E-state index in [2.05, 4.69) is 29.3 Å². The SMILES string of the molecule is CCN=c1scc(-c2ccc(F)cc2)n1N=C(C)CCc1ccccc1. The highest BCUT2D eigenvalue weighted by atomic mass is 32.1. The van der Waals surface area contributed by atoms with E-state index in [1.807, 2.05) is 30.0 Å². The summed E-state index contributed by atoms with van der Waals surface area (Å²) < 4.78 is 15.1. The molecule has 2 aromatic carbocycles. The largest absolute Gasteiger partial charge is 0.258 e. The number of halogens is 1. The van der Waals surface area contributed by atoms with E-state index in [1.165, 1.54) is 17.7 Å². The summed E-state index contributed by atoms with van der Waals surface area (Å²) in [5.74, 6) is -0.239. The Morgan fingerprint density at radius 3 is 2.50 bits per heavy atom. The minimum absolute atomic E-state index is 0.239. The smallest absolute Gasteiger partial charge is 0.206 e. The van der Waals surface area contributed by atoms with Crippen molar-refractivity contribution in [3.8, 4) is 11.3 Å². The van der Waals surface area contributed by atoms with Crippen LogP contribution in [0.15, 0.2) is 70.1 Å². The fourth-order valence-electron chi connectivity index (χ4n) is 2.65. The molecule has 0 saturated carbocycles. The van der Waals surface area contributed by atoms with Gasteiger partial charge in [-0.1, -0.05) is 30.3 Å². The van der Waals surface area contributed by atoms with Crippen LogP contribution in [0.3, 0.4) is 0 Å². The van der Waals surface area contributed by atoms with Crippen molar-refractivity contribution in [1.29, 1.82) is 0 Å². The molecule has 0 bridgehead atoms.